The van der Waals surface area contributed by atoms with Crippen LogP contribution in [0.5, 0.6) is 0 Å². The van der Waals surface area contributed by atoms with Gasteiger partial charge in [-0.1, -0.05) is 42.0 Å². The molecular formula is C32H52N3O9P3. The number of likely N-dealkylation sites (N-methyl/N-ethyl adjacent to an activating group) is 1. The Bertz CT molecular complexity index is 1240. The van der Waals surface area contributed by atoms with E-state index in [4.69, 9.17) is 24.5 Å². The molecule has 7 unspecified atom stereocenters. The number of allylic oxidation sites excluding steroid dienone is 4. The molecule has 0 radical (unpaired) electrons. The highest BCUT2D eigenvalue weighted by atomic mass is 31.0. The Morgan fingerprint density at radius 2 is 1.57 bits per heavy atom. The number of hydrogen-bond acceptors (Lipinski definition) is 10. The fourth-order valence-corrected chi connectivity index (χ4v) is 4.17. The number of nitrogens with zero attached hydrogens (tertiary/aromatic N) is 3. The van der Waals surface area contributed by atoms with Gasteiger partial charge in [0.2, 0.25) is 12.3 Å². The number of carbonyl (C=O) groups is 2. The second-order valence-corrected chi connectivity index (χ2v) is 10.2. The lowest BCUT2D eigenvalue weighted by atomic mass is 10.0. The molecule has 47 heavy (non-hydrogen) atoms. The normalized spacial score (nSPS) is 18.1. The largest absolute Gasteiger partial charge is 0.396 e. The smallest absolute Gasteiger partial charge is 0.248 e. The van der Waals surface area contributed by atoms with Gasteiger partial charge < -0.3 is 39.6 Å². The molecule has 6 N–H and O–H groups in total. The number of hydrogen-bond donors (Lipinski definition) is 6. The summed E-state index contributed by atoms with van der Waals surface area (Å²) < 4.78 is 5.48. The van der Waals surface area contributed by atoms with Crippen molar-refractivity contribution >= 4 is 46.3 Å². The van der Waals surface area contributed by atoms with Gasteiger partial charge in [0.1, 0.15) is 12.2 Å². The van der Waals surface area contributed by atoms with Gasteiger partial charge in [-0.3, -0.25) is 19.5 Å². The minimum Gasteiger partial charge on any atom is -0.396 e. The van der Waals surface area contributed by atoms with Crippen molar-refractivity contribution in [2.45, 2.75) is 72.1 Å². The van der Waals surface area contributed by atoms with E-state index in [9.17, 15) is 19.8 Å². The van der Waals surface area contributed by atoms with Crippen LogP contribution < -0.4 is 0 Å². The number of aryl methyl sites for hydroxylation is 2. The molecule has 12 nitrogen and oxygen atoms in total. The van der Waals surface area contributed by atoms with Crippen LogP contribution in [0.3, 0.4) is 0 Å². The number of amides is 2. The van der Waals surface area contributed by atoms with Crippen LogP contribution in [0.15, 0.2) is 72.6 Å². The zero-order chi connectivity index (χ0) is 36.5. The number of aromatic nitrogens is 1. The van der Waals surface area contributed by atoms with E-state index in [2.05, 4.69) is 49.2 Å². The molecule has 2 aromatic rings. The van der Waals surface area contributed by atoms with Gasteiger partial charge >= 0.3 is 0 Å². The van der Waals surface area contributed by atoms with E-state index in [1.165, 1.54) is 62.3 Å². The van der Waals surface area contributed by atoms with Gasteiger partial charge in [-0.15, -0.1) is 0 Å². The third-order valence-corrected chi connectivity index (χ3v) is 6.66. The molecule has 1 aliphatic rings. The molecular weight excluding hydrogens is 663 g/mol. The Kier molecular flexibility index (Phi) is 27.3. The van der Waals surface area contributed by atoms with Crippen LogP contribution in [0.4, 0.5) is 0 Å². The van der Waals surface area contributed by atoms with Crippen molar-refractivity contribution in [2.75, 3.05) is 13.7 Å². The minimum absolute atomic E-state index is 0.113. The first-order valence-corrected chi connectivity index (χ1v) is 15.9. The molecule has 0 saturated carbocycles. The zero-order valence-electron chi connectivity index (χ0n) is 27.8. The fraction of sp³-hybridized carbons (Fsp3) is 0.406. The van der Waals surface area contributed by atoms with E-state index in [0.717, 1.165) is 16.0 Å². The van der Waals surface area contributed by atoms with E-state index >= 15 is 0 Å². The lowest BCUT2D eigenvalue weighted by Crippen LogP contribution is -2.41. The maximum Gasteiger partial charge on any atom is 0.248 e. The van der Waals surface area contributed by atoms with Gasteiger partial charge in [-0.05, 0) is 104 Å². The predicted octanol–water partition coefficient (Wildman–Crippen LogP) is 2.82. The molecule has 264 valence electrons. The van der Waals surface area contributed by atoms with Crippen LogP contribution in [-0.2, 0) is 20.9 Å². The third-order valence-electron chi connectivity index (χ3n) is 6.66. The van der Waals surface area contributed by atoms with Gasteiger partial charge in [0, 0.05) is 32.1 Å². The number of aliphatic hydroxyl groups excluding tert-OH is 3. The minimum atomic E-state index is -1.36. The van der Waals surface area contributed by atoms with E-state index in [1.807, 2.05) is 39.0 Å². The lowest BCUT2D eigenvalue weighted by molar-refractivity contribution is -0.132. The molecule has 2 heterocycles. The topological polar surface area (TPSA) is 184 Å². The van der Waals surface area contributed by atoms with Crippen molar-refractivity contribution in [1.29, 1.82) is 0 Å². The van der Waals surface area contributed by atoms with Crippen LogP contribution in [0.1, 0.15) is 49.6 Å². The molecule has 1 saturated heterocycles. The summed E-state index contributed by atoms with van der Waals surface area (Å²) in [5, 5.41) is 29.2. The highest BCUT2D eigenvalue weighted by molar-refractivity contribution is 7.08. The maximum atomic E-state index is 12.6. The first-order chi connectivity index (χ1) is 22.5. The van der Waals surface area contributed by atoms with E-state index in [0.29, 0.717) is 12.1 Å². The first-order valence-electron chi connectivity index (χ1n) is 14.4. The first kappa shape index (κ1) is 46.7. The van der Waals surface area contributed by atoms with Crippen LogP contribution in [0.2, 0.25) is 0 Å². The lowest BCUT2D eigenvalue weighted by Gasteiger charge is -2.23. The van der Waals surface area contributed by atoms with E-state index in [-0.39, 0.29) is 25.5 Å². The van der Waals surface area contributed by atoms with Crippen LogP contribution >= 0.6 is 28.4 Å². The number of aliphatic hydroxyl groups is 3. The summed E-state index contributed by atoms with van der Waals surface area (Å²) in [5.74, 6) is -0.385. The van der Waals surface area contributed by atoms with Crippen molar-refractivity contribution in [3.63, 3.8) is 0 Å². The van der Waals surface area contributed by atoms with Crippen LogP contribution in [0.25, 0.3) is 5.57 Å². The van der Waals surface area contributed by atoms with Crippen LogP contribution in [0, 0.1) is 13.8 Å². The average Bonchev–Trinajstić information content (AvgIpc) is 3.37. The molecule has 0 bridgehead atoms. The molecule has 1 aromatic heterocycles. The molecule has 0 aliphatic carbocycles. The Hall–Kier alpha value is -2.46. The predicted molar refractivity (Wildman–Crippen MR) is 195 cm³/mol. The summed E-state index contributed by atoms with van der Waals surface area (Å²) >= 11 is 0. The van der Waals surface area contributed by atoms with Crippen molar-refractivity contribution in [3.05, 3.63) is 95.0 Å². The summed E-state index contributed by atoms with van der Waals surface area (Å²) in [6.45, 7) is 10.3. The van der Waals surface area contributed by atoms with Gasteiger partial charge in [0.25, 0.3) is 0 Å². The Morgan fingerprint density at radius 1 is 1.00 bits per heavy atom. The number of rotatable bonds is 10. The molecule has 1 aliphatic heterocycles. The van der Waals surface area contributed by atoms with Gasteiger partial charge in [-0.2, -0.15) is 0 Å². The van der Waals surface area contributed by atoms with Crippen molar-refractivity contribution in [1.82, 2.24) is 14.8 Å². The molecule has 1 fully saturated rings. The highest BCUT2D eigenvalue weighted by Gasteiger charge is 2.44. The zero-order valence-corrected chi connectivity index (χ0v) is 31.3. The Labute approximate surface area is 285 Å². The summed E-state index contributed by atoms with van der Waals surface area (Å²) in [7, 11) is 5.86. The highest BCUT2D eigenvalue weighted by Crippen LogP contribution is 2.25. The molecule has 1 aromatic carbocycles. The molecule has 2 amide bonds. The fourth-order valence-electron chi connectivity index (χ4n) is 4.17. The van der Waals surface area contributed by atoms with Crippen LogP contribution in [-0.4, -0.2) is 95.3 Å². The molecule has 15 heteroatoms. The maximum absolute atomic E-state index is 12.6. The van der Waals surface area contributed by atoms with Crippen molar-refractivity contribution in [2.24, 2.45) is 0 Å². The Balaban J connectivity index is 0. The van der Waals surface area contributed by atoms with E-state index < -0.39 is 24.5 Å². The number of carbonyl (C=O) groups excluding carboxylic acids is 2. The molecule has 7 atom stereocenters. The summed E-state index contributed by atoms with van der Waals surface area (Å²) in [6.07, 6.45) is 4.10. The Morgan fingerprint density at radius 3 is 2.04 bits per heavy atom. The average molecular weight is 716 g/mol. The van der Waals surface area contributed by atoms with Gasteiger partial charge in [-0.25, -0.2) is 0 Å². The SMILES string of the molecule is C/C=C(\C=C(C)C)c1ccnc(CN(C)C(=O)/C=C\N(C=O)C2OC(CCO)C(O)C2O)c1.Cc1ccccc1C.OP.OP.OP. The van der Waals surface area contributed by atoms with Crippen molar-refractivity contribution in [3.8, 4) is 0 Å². The number of ether oxygens (including phenoxy) is 1. The summed E-state index contributed by atoms with van der Waals surface area (Å²) in [4.78, 5) is 51.6. The summed E-state index contributed by atoms with van der Waals surface area (Å²) in [6, 6.07) is 12.2. The second-order valence-electron chi connectivity index (χ2n) is 10.2. The standard InChI is InChI=1S/C24H33N3O6.C8H10.3H3OP/c1-5-17(12-16(2)3)18-6-9-25-19(13-18)14-26(4)21(30)7-10-27(15-29)24-23(32)22(31)20(33-24)8-11-28;1-7-5-3-4-6-8(7)2;3*1-2/h5-7,9-10,12-13,15,20,22-24,28,31-32H,8,11,14H2,1-4H3;3-6H,1-2H3;3*1H,2H2/b10-7-,17-5+;;;;. The number of benzene rings is 1. The molecule has 3 rings (SSSR count). The second kappa shape index (κ2) is 27.5. The molecule has 0 spiro atoms. The van der Waals surface area contributed by atoms with Gasteiger partial charge in [0.15, 0.2) is 6.23 Å². The quantitative estimate of drug-likeness (QED) is 0.0926. The van der Waals surface area contributed by atoms with Gasteiger partial charge in [0.05, 0.1) is 18.3 Å². The van der Waals surface area contributed by atoms with E-state index in [1.54, 1.807) is 13.2 Å². The third kappa shape index (κ3) is 17.0. The van der Waals surface area contributed by atoms with Crippen molar-refractivity contribution < 1.29 is 44.3 Å². The summed E-state index contributed by atoms with van der Waals surface area (Å²) in [5.41, 5.74) is 6.67. The number of pyridine rings is 1. The monoisotopic (exact) mass is 715 g/mol.